The van der Waals surface area contributed by atoms with Crippen LogP contribution in [0.2, 0.25) is 0 Å². The van der Waals surface area contributed by atoms with Gasteiger partial charge in [-0.1, -0.05) is 34.1 Å². The summed E-state index contributed by atoms with van der Waals surface area (Å²) in [7, 11) is 0. The number of halogens is 4. The Kier molecular flexibility index (Phi) is 4.70. The second-order valence-electron chi connectivity index (χ2n) is 4.46. The summed E-state index contributed by atoms with van der Waals surface area (Å²) in [6.45, 7) is 3.97. The number of benzene rings is 2. The molecule has 2 rings (SSSR count). The van der Waals surface area contributed by atoms with Gasteiger partial charge >= 0.3 is 0 Å². The Morgan fingerprint density at radius 2 is 1.68 bits per heavy atom. The maximum absolute atomic E-state index is 14.1. The molecule has 0 nitrogen and oxygen atoms in total. The lowest BCUT2D eigenvalue weighted by molar-refractivity contribution is 0.605. The fourth-order valence-electron chi connectivity index (χ4n) is 1.96. The van der Waals surface area contributed by atoms with Crippen LogP contribution in [0.15, 0.2) is 39.3 Å². The van der Waals surface area contributed by atoms with Crippen LogP contribution in [0.1, 0.15) is 27.6 Å². The lowest BCUT2D eigenvalue weighted by atomic mass is 9.98. The van der Waals surface area contributed by atoms with Crippen LogP contribution >= 0.6 is 43.5 Å². The lowest BCUT2D eigenvalue weighted by Crippen LogP contribution is -2.01. The van der Waals surface area contributed by atoms with Crippen molar-refractivity contribution in [2.75, 3.05) is 0 Å². The van der Waals surface area contributed by atoms with E-state index in [1.165, 1.54) is 0 Å². The molecule has 0 aliphatic carbocycles. The predicted molar refractivity (Wildman–Crippen MR) is 85.4 cm³/mol. The fraction of sp³-hybridized carbons (Fsp3) is 0.200. The maximum atomic E-state index is 14.1. The van der Waals surface area contributed by atoms with Crippen LogP contribution in [-0.2, 0) is 0 Å². The van der Waals surface area contributed by atoms with Crippen LogP contribution in [0.25, 0.3) is 0 Å². The van der Waals surface area contributed by atoms with E-state index in [1.807, 2.05) is 26.0 Å². The van der Waals surface area contributed by atoms with Gasteiger partial charge in [0.2, 0.25) is 0 Å². The minimum absolute atomic E-state index is 0.303. The minimum Gasteiger partial charge on any atom is -0.205 e. The Morgan fingerprint density at radius 1 is 1.00 bits per heavy atom. The van der Waals surface area contributed by atoms with Gasteiger partial charge in [-0.25, -0.2) is 4.39 Å². The molecule has 0 saturated carbocycles. The average molecular weight is 407 g/mol. The Morgan fingerprint density at radius 3 is 2.37 bits per heavy atom. The number of hydrogen-bond donors (Lipinski definition) is 0. The Hall–Kier alpha value is -0.380. The number of rotatable bonds is 2. The first-order valence-electron chi connectivity index (χ1n) is 5.76. The van der Waals surface area contributed by atoms with Crippen molar-refractivity contribution in [3.63, 3.8) is 0 Å². The molecule has 0 radical (unpaired) electrons. The van der Waals surface area contributed by atoms with Gasteiger partial charge in [0.15, 0.2) is 0 Å². The molecular formula is C15H12Br2ClF. The van der Waals surface area contributed by atoms with E-state index in [0.29, 0.717) is 10.0 Å². The third-order valence-corrected chi connectivity index (χ3v) is 5.01. The highest BCUT2D eigenvalue weighted by molar-refractivity contribution is 9.10. The highest BCUT2D eigenvalue weighted by Gasteiger charge is 2.19. The monoisotopic (exact) mass is 404 g/mol. The second kappa shape index (κ2) is 5.94. The van der Waals surface area contributed by atoms with Gasteiger partial charge < -0.3 is 0 Å². The molecule has 2 aromatic carbocycles. The van der Waals surface area contributed by atoms with E-state index in [4.69, 9.17) is 11.6 Å². The first kappa shape index (κ1) is 15.0. The molecule has 0 saturated heterocycles. The minimum atomic E-state index is -0.496. The van der Waals surface area contributed by atoms with Crippen molar-refractivity contribution in [2.24, 2.45) is 0 Å². The Bertz CT molecular complexity index is 626. The quantitative estimate of drug-likeness (QED) is 0.514. The van der Waals surface area contributed by atoms with E-state index < -0.39 is 5.38 Å². The first-order chi connectivity index (χ1) is 8.91. The normalized spacial score (nSPS) is 12.5. The van der Waals surface area contributed by atoms with Gasteiger partial charge in [0.05, 0.1) is 9.85 Å². The molecular weight excluding hydrogens is 394 g/mol. The van der Waals surface area contributed by atoms with Crippen molar-refractivity contribution in [3.05, 3.63) is 67.3 Å². The molecule has 19 heavy (non-hydrogen) atoms. The van der Waals surface area contributed by atoms with Gasteiger partial charge in [-0.2, -0.15) is 0 Å². The second-order valence-corrected chi connectivity index (χ2v) is 6.61. The van der Waals surface area contributed by atoms with E-state index in [-0.39, 0.29) is 5.82 Å². The molecule has 0 N–H and O–H groups in total. The summed E-state index contributed by atoms with van der Waals surface area (Å²) in [5.74, 6) is -0.303. The molecule has 0 bridgehead atoms. The van der Waals surface area contributed by atoms with Crippen LogP contribution < -0.4 is 0 Å². The number of alkyl halides is 1. The molecule has 0 fully saturated rings. The van der Waals surface area contributed by atoms with Crippen molar-refractivity contribution in [1.29, 1.82) is 0 Å². The molecule has 1 unspecified atom stereocenters. The summed E-state index contributed by atoms with van der Waals surface area (Å²) in [5, 5.41) is -0.496. The van der Waals surface area contributed by atoms with Crippen LogP contribution in [0.5, 0.6) is 0 Å². The lowest BCUT2D eigenvalue weighted by Gasteiger charge is -2.16. The van der Waals surface area contributed by atoms with Crippen LogP contribution in [0.3, 0.4) is 0 Å². The molecule has 1 atom stereocenters. The predicted octanol–water partition coefficient (Wildman–Crippen LogP) is 6.30. The first-order valence-corrected chi connectivity index (χ1v) is 7.78. The molecule has 2 aromatic rings. The van der Waals surface area contributed by atoms with E-state index in [2.05, 4.69) is 31.9 Å². The summed E-state index contributed by atoms with van der Waals surface area (Å²) in [4.78, 5) is 0. The summed E-state index contributed by atoms with van der Waals surface area (Å²) in [6.07, 6.45) is 0. The van der Waals surface area contributed by atoms with E-state index in [9.17, 15) is 4.39 Å². The largest absolute Gasteiger partial charge is 0.205 e. The SMILES string of the molecule is Cc1cc(C(Cl)c2cccc(Br)c2F)c(C)cc1Br. The zero-order chi connectivity index (χ0) is 14.2. The molecule has 0 aliphatic rings. The van der Waals surface area contributed by atoms with Crippen LogP contribution in [-0.4, -0.2) is 0 Å². The molecule has 0 amide bonds. The summed E-state index contributed by atoms with van der Waals surface area (Å²) in [6, 6.07) is 9.18. The zero-order valence-corrected chi connectivity index (χ0v) is 14.4. The maximum Gasteiger partial charge on any atom is 0.142 e. The van der Waals surface area contributed by atoms with Crippen molar-refractivity contribution in [3.8, 4) is 0 Å². The highest BCUT2D eigenvalue weighted by Crippen LogP contribution is 2.36. The van der Waals surface area contributed by atoms with Gasteiger partial charge in [-0.3, -0.25) is 0 Å². The zero-order valence-electron chi connectivity index (χ0n) is 10.5. The van der Waals surface area contributed by atoms with E-state index in [0.717, 1.165) is 21.2 Å². The van der Waals surface area contributed by atoms with Crippen molar-refractivity contribution in [2.45, 2.75) is 19.2 Å². The topological polar surface area (TPSA) is 0 Å². The van der Waals surface area contributed by atoms with Crippen molar-refractivity contribution < 1.29 is 4.39 Å². The average Bonchev–Trinajstić information content (AvgIpc) is 2.36. The van der Waals surface area contributed by atoms with Crippen LogP contribution in [0.4, 0.5) is 4.39 Å². The van der Waals surface area contributed by atoms with Crippen LogP contribution in [0, 0.1) is 19.7 Å². The van der Waals surface area contributed by atoms with E-state index >= 15 is 0 Å². The molecule has 0 aliphatic heterocycles. The Balaban J connectivity index is 2.53. The summed E-state index contributed by atoms with van der Waals surface area (Å²) in [5.41, 5.74) is 3.54. The highest BCUT2D eigenvalue weighted by atomic mass is 79.9. The molecule has 0 spiro atoms. The molecule has 100 valence electrons. The fourth-order valence-corrected chi connectivity index (χ4v) is 3.20. The molecule has 0 heterocycles. The number of hydrogen-bond acceptors (Lipinski definition) is 0. The van der Waals surface area contributed by atoms with Gasteiger partial charge in [-0.05, 0) is 58.6 Å². The van der Waals surface area contributed by atoms with Gasteiger partial charge in [0.25, 0.3) is 0 Å². The van der Waals surface area contributed by atoms with Crippen molar-refractivity contribution >= 4 is 43.5 Å². The third kappa shape index (κ3) is 3.04. The summed E-state index contributed by atoms with van der Waals surface area (Å²) < 4.78 is 15.6. The van der Waals surface area contributed by atoms with Gasteiger partial charge in [-0.15, -0.1) is 11.6 Å². The summed E-state index contributed by atoms with van der Waals surface area (Å²) >= 11 is 13.1. The molecule has 4 heteroatoms. The Labute approximate surface area is 134 Å². The standard InChI is InChI=1S/C15H12Br2ClF/c1-8-7-13(17)9(2)6-11(8)14(18)10-4-3-5-12(16)15(10)19/h3-7,14H,1-2H3. The number of aryl methyl sites for hydroxylation is 2. The van der Waals surface area contributed by atoms with E-state index in [1.54, 1.807) is 18.2 Å². The van der Waals surface area contributed by atoms with Gasteiger partial charge in [0, 0.05) is 10.0 Å². The van der Waals surface area contributed by atoms with Crippen molar-refractivity contribution in [1.82, 2.24) is 0 Å². The van der Waals surface area contributed by atoms with Gasteiger partial charge in [0.1, 0.15) is 5.82 Å². The smallest absolute Gasteiger partial charge is 0.142 e. The third-order valence-electron chi connectivity index (χ3n) is 3.07. The molecule has 0 aromatic heterocycles.